The number of nitrogens with one attached hydrogen (secondary N) is 2. The van der Waals surface area contributed by atoms with Gasteiger partial charge in [0.2, 0.25) is 15.9 Å². The summed E-state index contributed by atoms with van der Waals surface area (Å²) < 4.78 is 33.1. The molecule has 1 aliphatic heterocycles. The van der Waals surface area contributed by atoms with E-state index in [-0.39, 0.29) is 11.4 Å². The Morgan fingerprint density at radius 2 is 1.55 bits per heavy atom. The Morgan fingerprint density at radius 3 is 2.10 bits per heavy atom. The summed E-state index contributed by atoms with van der Waals surface area (Å²) in [6.07, 6.45) is 0.780. The number of rotatable bonds is 8. The van der Waals surface area contributed by atoms with Gasteiger partial charge in [-0.25, -0.2) is 18.0 Å². The second-order valence-electron chi connectivity index (χ2n) is 9.81. The fraction of sp³-hybridized carbons (Fsp3) is 0.267. The fourth-order valence-corrected chi connectivity index (χ4v) is 6.38. The number of anilines is 3. The first-order chi connectivity index (χ1) is 20.0. The molecule has 0 spiro atoms. The van der Waals surface area contributed by atoms with Crippen molar-refractivity contribution in [2.24, 2.45) is 0 Å². The number of hydrogen-bond acceptors (Lipinski definition) is 7. The van der Waals surface area contributed by atoms with Gasteiger partial charge in [-0.05, 0) is 87.4 Å². The number of methoxy groups -OCH3 is 1. The SMILES string of the molecule is COC(=O)[C@H](C)N(C(=O)[C@@H]1CCCN1S(=O)(=O)c1ccc(C)cc1)c1ccc(NC(=O)Nc2ccc(C#N)cc2)cc1. The second kappa shape index (κ2) is 12.8. The number of carbonyl (C=O) groups excluding carboxylic acids is 3. The van der Waals surface area contributed by atoms with Crippen LogP contribution in [0.25, 0.3) is 0 Å². The van der Waals surface area contributed by atoms with Crippen molar-refractivity contribution in [3.05, 3.63) is 83.9 Å². The van der Waals surface area contributed by atoms with Crippen LogP contribution >= 0.6 is 0 Å². The molecule has 0 aromatic heterocycles. The van der Waals surface area contributed by atoms with Crippen LogP contribution in [0.5, 0.6) is 0 Å². The predicted molar refractivity (Wildman–Crippen MR) is 157 cm³/mol. The Balaban J connectivity index is 1.55. The Kier molecular flexibility index (Phi) is 9.25. The van der Waals surface area contributed by atoms with Crippen molar-refractivity contribution < 1.29 is 27.5 Å². The molecule has 2 N–H and O–H groups in total. The lowest BCUT2D eigenvalue weighted by Gasteiger charge is -2.33. The maximum atomic E-state index is 14.0. The molecule has 12 heteroatoms. The normalized spacial score (nSPS) is 15.7. The van der Waals surface area contributed by atoms with E-state index in [1.165, 1.54) is 35.4 Å². The van der Waals surface area contributed by atoms with E-state index in [2.05, 4.69) is 10.6 Å². The molecule has 0 aliphatic carbocycles. The van der Waals surface area contributed by atoms with E-state index in [0.717, 1.165) is 5.56 Å². The van der Waals surface area contributed by atoms with Crippen LogP contribution in [0, 0.1) is 18.3 Å². The minimum Gasteiger partial charge on any atom is -0.467 e. The third kappa shape index (κ3) is 6.59. The summed E-state index contributed by atoms with van der Waals surface area (Å²) in [5.41, 5.74) is 2.60. The molecule has 0 unspecified atom stereocenters. The van der Waals surface area contributed by atoms with Crippen LogP contribution in [-0.4, -0.2) is 56.4 Å². The summed E-state index contributed by atoms with van der Waals surface area (Å²) in [4.78, 5) is 40.3. The molecule has 3 amide bonds. The molecule has 1 aliphatic rings. The molecule has 1 saturated heterocycles. The zero-order chi connectivity index (χ0) is 30.4. The maximum absolute atomic E-state index is 14.0. The first-order valence-corrected chi connectivity index (χ1v) is 14.7. The van der Waals surface area contributed by atoms with Crippen molar-refractivity contribution in [3.63, 3.8) is 0 Å². The van der Waals surface area contributed by atoms with Crippen LogP contribution in [0.3, 0.4) is 0 Å². The van der Waals surface area contributed by atoms with Gasteiger partial charge in [-0.2, -0.15) is 9.57 Å². The first kappa shape index (κ1) is 30.2. The highest BCUT2D eigenvalue weighted by Crippen LogP contribution is 2.30. The first-order valence-electron chi connectivity index (χ1n) is 13.2. The van der Waals surface area contributed by atoms with Crippen molar-refractivity contribution >= 4 is 45.0 Å². The molecule has 1 fully saturated rings. The molecule has 1 heterocycles. The second-order valence-corrected chi connectivity index (χ2v) is 11.7. The topological polar surface area (TPSA) is 149 Å². The molecule has 42 heavy (non-hydrogen) atoms. The van der Waals surface area contributed by atoms with Gasteiger partial charge < -0.3 is 15.4 Å². The van der Waals surface area contributed by atoms with Gasteiger partial charge in [0.25, 0.3) is 0 Å². The highest BCUT2D eigenvalue weighted by atomic mass is 32.2. The summed E-state index contributed by atoms with van der Waals surface area (Å²) >= 11 is 0. The molecule has 4 rings (SSSR count). The summed E-state index contributed by atoms with van der Waals surface area (Å²) in [7, 11) is -2.75. The van der Waals surface area contributed by atoms with Gasteiger partial charge in [-0.15, -0.1) is 0 Å². The largest absolute Gasteiger partial charge is 0.467 e. The van der Waals surface area contributed by atoms with Gasteiger partial charge in [0, 0.05) is 23.6 Å². The monoisotopic (exact) mass is 589 g/mol. The third-order valence-corrected chi connectivity index (χ3v) is 8.88. The van der Waals surface area contributed by atoms with E-state index in [9.17, 15) is 22.8 Å². The van der Waals surface area contributed by atoms with Crippen molar-refractivity contribution in [1.29, 1.82) is 5.26 Å². The van der Waals surface area contributed by atoms with Crippen LogP contribution in [0.2, 0.25) is 0 Å². The molecule has 0 saturated carbocycles. The smallest absolute Gasteiger partial charge is 0.328 e. The van der Waals surface area contributed by atoms with E-state index in [1.54, 1.807) is 60.7 Å². The molecule has 3 aromatic carbocycles. The number of esters is 1. The number of benzene rings is 3. The highest BCUT2D eigenvalue weighted by molar-refractivity contribution is 7.89. The Morgan fingerprint density at radius 1 is 0.976 bits per heavy atom. The lowest BCUT2D eigenvalue weighted by molar-refractivity contribution is -0.143. The van der Waals surface area contributed by atoms with E-state index in [1.807, 2.05) is 13.0 Å². The highest BCUT2D eigenvalue weighted by Gasteiger charge is 2.43. The van der Waals surface area contributed by atoms with Gasteiger partial charge >= 0.3 is 12.0 Å². The number of nitrogens with zero attached hydrogens (tertiary/aromatic N) is 3. The van der Waals surface area contributed by atoms with Crippen molar-refractivity contribution in [2.45, 2.75) is 43.7 Å². The lowest BCUT2D eigenvalue weighted by Crippen LogP contribution is -2.53. The molecule has 218 valence electrons. The van der Waals surface area contributed by atoms with Gasteiger partial charge in [0.15, 0.2) is 0 Å². The molecule has 0 bridgehead atoms. The van der Waals surface area contributed by atoms with Crippen LogP contribution in [0.15, 0.2) is 77.7 Å². The molecule has 2 atom stereocenters. The van der Waals surface area contributed by atoms with Crippen LogP contribution in [-0.2, 0) is 24.3 Å². The average Bonchev–Trinajstić information content (AvgIpc) is 3.49. The maximum Gasteiger partial charge on any atom is 0.328 e. The summed E-state index contributed by atoms with van der Waals surface area (Å²) in [6, 6.07) is 18.5. The van der Waals surface area contributed by atoms with E-state index in [4.69, 9.17) is 10.00 Å². The number of sulfonamides is 1. The van der Waals surface area contributed by atoms with Crippen LogP contribution in [0.1, 0.15) is 30.9 Å². The number of urea groups is 1. The third-order valence-electron chi connectivity index (χ3n) is 6.96. The summed E-state index contributed by atoms with van der Waals surface area (Å²) in [6.45, 7) is 3.53. The van der Waals surface area contributed by atoms with Crippen LogP contribution in [0.4, 0.5) is 21.9 Å². The van der Waals surface area contributed by atoms with Gasteiger partial charge in [0.1, 0.15) is 12.1 Å². The van der Waals surface area contributed by atoms with Gasteiger partial charge in [-0.1, -0.05) is 17.7 Å². The van der Waals surface area contributed by atoms with Crippen molar-refractivity contribution in [3.8, 4) is 6.07 Å². The zero-order valence-electron chi connectivity index (χ0n) is 23.4. The average molecular weight is 590 g/mol. The quantitative estimate of drug-likeness (QED) is 0.373. The molecule has 0 radical (unpaired) electrons. The minimum atomic E-state index is -3.97. The molecule has 11 nitrogen and oxygen atoms in total. The predicted octanol–water partition coefficient (Wildman–Crippen LogP) is 4.26. The molecular formula is C30H31N5O6S. The molecular weight excluding hydrogens is 558 g/mol. The number of nitriles is 1. The number of ether oxygens (including phenoxy) is 1. The Labute approximate surface area is 244 Å². The zero-order valence-corrected chi connectivity index (χ0v) is 24.2. The van der Waals surface area contributed by atoms with Crippen molar-refractivity contribution in [2.75, 3.05) is 29.2 Å². The number of carbonyl (C=O) groups is 3. The van der Waals surface area contributed by atoms with Crippen LogP contribution < -0.4 is 15.5 Å². The molecule has 3 aromatic rings. The van der Waals surface area contributed by atoms with E-state index >= 15 is 0 Å². The Bertz CT molecular complexity index is 1600. The fourth-order valence-electron chi connectivity index (χ4n) is 4.73. The summed E-state index contributed by atoms with van der Waals surface area (Å²) in [5.74, 6) is -1.22. The summed E-state index contributed by atoms with van der Waals surface area (Å²) in [5, 5.41) is 14.3. The Hall–Kier alpha value is -4.73. The van der Waals surface area contributed by atoms with E-state index in [0.29, 0.717) is 35.5 Å². The number of aryl methyl sites for hydroxylation is 1. The van der Waals surface area contributed by atoms with E-state index < -0.39 is 40.0 Å². The minimum absolute atomic E-state index is 0.0927. The lowest BCUT2D eigenvalue weighted by atomic mass is 10.1. The van der Waals surface area contributed by atoms with Gasteiger partial charge in [-0.3, -0.25) is 9.69 Å². The standard InChI is InChI=1S/C30H31N5O6S/c1-20-6-16-26(17-7-20)42(39,40)34-18-4-5-27(34)28(36)35(21(2)29(37)41-3)25-14-12-24(13-15-25)33-30(38)32-23-10-8-22(19-31)9-11-23/h6-17,21,27H,4-5,18H2,1-3H3,(H2,32,33,38)/t21-,27-/m0/s1. The number of hydrogen-bond donors (Lipinski definition) is 2. The number of amides is 3. The van der Waals surface area contributed by atoms with Crippen molar-refractivity contribution in [1.82, 2.24) is 4.31 Å². The van der Waals surface area contributed by atoms with Gasteiger partial charge in [0.05, 0.1) is 23.6 Å².